The van der Waals surface area contributed by atoms with E-state index in [-0.39, 0.29) is 23.0 Å². The highest BCUT2D eigenvalue weighted by atomic mass is 35.5. The molecule has 2 bridgehead atoms. The Bertz CT molecular complexity index is 793. The second-order valence-electron chi connectivity index (χ2n) is 10.7. The Morgan fingerprint density at radius 2 is 2.10 bits per heavy atom. The van der Waals surface area contributed by atoms with Gasteiger partial charge < -0.3 is 14.0 Å². The first-order valence-electron chi connectivity index (χ1n) is 10.5. The molecule has 1 aromatic rings. The van der Waals surface area contributed by atoms with Gasteiger partial charge in [0.2, 0.25) is 0 Å². The topological polar surface area (TPSA) is 57.7 Å². The van der Waals surface area contributed by atoms with E-state index in [2.05, 4.69) is 25.8 Å². The van der Waals surface area contributed by atoms with Crippen LogP contribution in [0.2, 0.25) is 0 Å². The minimum Gasteiger partial charge on any atom is -0.456 e. The number of rotatable bonds is 4. The third kappa shape index (κ3) is 3.84. The van der Waals surface area contributed by atoms with Crippen LogP contribution < -0.4 is 0 Å². The Balaban J connectivity index is 1.38. The number of pyridine rings is 1. The maximum absolute atomic E-state index is 12.1. The third-order valence-corrected chi connectivity index (χ3v) is 7.35. The molecule has 0 N–H and O–H groups in total. The van der Waals surface area contributed by atoms with Crippen LogP contribution >= 0.6 is 11.6 Å². The lowest BCUT2D eigenvalue weighted by Gasteiger charge is -2.63. The quantitative estimate of drug-likeness (QED) is 0.410. The van der Waals surface area contributed by atoms with Crippen LogP contribution in [0.25, 0.3) is 0 Å². The number of aromatic nitrogens is 1. The molecule has 1 aromatic heterocycles. The predicted octanol–water partition coefficient (Wildman–Crippen LogP) is 4.45. The van der Waals surface area contributed by atoms with Crippen molar-refractivity contribution in [1.82, 2.24) is 4.98 Å². The summed E-state index contributed by atoms with van der Waals surface area (Å²) < 4.78 is 18.1. The van der Waals surface area contributed by atoms with Crippen LogP contribution in [-0.2, 0) is 20.5 Å². The van der Waals surface area contributed by atoms with Crippen LogP contribution in [0, 0.1) is 17.3 Å². The normalized spacial score (nSPS) is 33.6. The van der Waals surface area contributed by atoms with Gasteiger partial charge in [0.1, 0.15) is 5.60 Å². The molecule has 1 unspecified atom stereocenters. The summed E-state index contributed by atoms with van der Waals surface area (Å²) in [5.41, 5.74) is 0.784. The summed E-state index contributed by atoms with van der Waals surface area (Å²) in [6.45, 7) is 12.4. The molecule has 0 radical (unpaired) electrons. The number of nitrogens with zero attached hydrogens (tertiary/aromatic N) is 1. The molecule has 158 valence electrons. The van der Waals surface area contributed by atoms with Gasteiger partial charge in [0.15, 0.2) is 0 Å². The van der Waals surface area contributed by atoms with Crippen molar-refractivity contribution in [1.29, 1.82) is 0 Å². The van der Waals surface area contributed by atoms with E-state index < -0.39 is 12.7 Å². The minimum absolute atomic E-state index is 0.108. The van der Waals surface area contributed by atoms with Gasteiger partial charge in [-0.2, -0.15) is 0 Å². The second-order valence-corrected chi connectivity index (χ2v) is 11.2. The van der Waals surface area contributed by atoms with Crippen LogP contribution in [0.3, 0.4) is 0 Å². The average Bonchev–Trinajstić information content (AvgIpc) is 2.98. The van der Waals surface area contributed by atoms with Crippen LogP contribution in [0.1, 0.15) is 70.4 Å². The summed E-state index contributed by atoms with van der Waals surface area (Å²) in [5.74, 6) is 0.860. The molecule has 3 aliphatic carbocycles. The van der Waals surface area contributed by atoms with Gasteiger partial charge in [0.05, 0.1) is 22.5 Å². The lowest BCUT2D eigenvalue weighted by atomic mass is 9.45. The van der Waals surface area contributed by atoms with E-state index in [0.717, 1.165) is 12.1 Å². The maximum Gasteiger partial charge on any atom is 0.477 e. The monoisotopic (exact) mass is 419 g/mol. The number of alkyl halides is 1. The molecule has 5 rings (SSSR count). The average molecular weight is 420 g/mol. The van der Waals surface area contributed by atoms with Gasteiger partial charge in [0.25, 0.3) is 0 Å². The summed E-state index contributed by atoms with van der Waals surface area (Å²) >= 11 is 6.69. The molecule has 4 aliphatic rings. The zero-order chi connectivity index (χ0) is 21.2. The van der Waals surface area contributed by atoms with Crippen molar-refractivity contribution < 1.29 is 18.8 Å². The fourth-order valence-corrected chi connectivity index (χ4v) is 5.47. The van der Waals surface area contributed by atoms with Crippen molar-refractivity contribution in [2.24, 2.45) is 17.3 Å². The molecule has 4 fully saturated rings. The molecule has 2 heterocycles. The summed E-state index contributed by atoms with van der Waals surface area (Å²) in [4.78, 5) is 16.5. The largest absolute Gasteiger partial charge is 0.477 e. The molecule has 0 amide bonds. The Hall–Kier alpha value is -1.11. The van der Waals surface area contributed by atoms with Gasteiger partial charge in [-0.1, -0.05) is 13.8 Å². The van der Waals surface area contributed by atoms with E-state index in [0.29, 0.717) is 29.2 Å². The number of hydrogen-bond donors (Lipinski definition) is 0. The maximum atomic E-state index is 12.1. The molecular formula is C22H31BClNO4. The molecule has 29 heavy (non-hydrogen) atoms. The molecule has 3 saturated carbocycles. The smallest absolute Gasteiger partial charge is 0.456 e. The molecule has 0 aromatic carbocycles. The Morgan fingerprint density at radius 1 is 1.38 bits per heavy atom. The molecule has 5 atom stereocenters. The van der Waals surface area contributed by atoms with Gasteiger partial charge in [-0.15, -0.1) is 11.6 Å². The summed E-state index contributed by atoms with van der Waals surface area (Å²) in [6, 6.07) is 3.55. The number of carbonyl (C=O) groups excluding carboxylic acids is 1. The molecule has 7 heteroatoms. The number of halogens is 1. The van der Waals surface area contributed by atoms with E-state index >= 15 is 0 Å². The molecule has 1 saturated heterocycles. The highest BCUT2D eigenvalue weighted by Gasteiger charge is 2.67. The summed E-state index contributed by atoms with van der Waals surface area (Å²) in [7, 11) is -0.436. The minimum atomic E-state index is -0.532. The van der Waals surface area contributed by atoms with Crippen molar-refractivity contribution in [3.63, 3.8) is 0 Å². The number of hydrogen-bond acceptors (Lipinski definition) is 5. The van der Waals surface area contributed by atoms with Crippen molar-refractivity contribution in [2.45, 2.75) is 83.4 Å². The van der Waals surface area contributed by atoms with Crippen LogP contribution in [0.4, 0.5) is 0 Å². The Kier molecular flexibility index (Phi) is 5.08. The van der Waals surface area contributed by atoms with Gasteiger partial charge >= 0.3 is 13.1 Å². The fraction of sp³-hybridized carbons (Fsp3) is 0.727. The summed E-state index contributed by atoms with van der Waals surface area (Å²) in [6.07, 6.45) is 4.42. The second kappa shape index (κ2) is 6.96. The lowest BCUT2D eigenvalue weighted by Crippen LogP contribution is -2.63. The number of ether oxygens (including phenoxy) is 1. The van der Waals surface area contributed by atoms with Gasteiger partial charge in [-0.3, -0.25) is 4.98 Å². The fourth-order valence-electron chi connectivity index (χ4n) is 5.20. The van der Waals surface area contributed by atoms with Crippen LogP contribution in [0.5, 0.6) is 0 Å². The zero-order valence-corrected chi connectivity index (χ0v) is 19.0. The molecule has 0 spiro atoms. The zero-order valence-electron chi connectivity index (χ0n) is 18.2. The van der Waals surface area contributed by atoms with Crippen molar-refractivity contribution in [2.75, 3.05) is 0 Å². The van der Waals surface area contributed by atoms with Gasteiger partial charge in [-0.05, 0) is 69.9 Å². The first-order valence-corrected chi connectivity index (χ1v) is 11.0. The number of esters is 1. The third-order valence-electron chi connectivity index (χ3n) is 6.99. The molecular weight excluding hydrogens is 389 g/mol. The first-order chi connectivity index (χ1) is 13.4. The van der Waals surface area contributed by atoms with Gasteiger partial charge in [-0.25, -0.2) is 4.79 Å². The molecule has 1 aliphatic heterocycles. The van der Waals surface area contributed by atoms with E-state index in [1.807, 2.05) is 26.8 Å². The van der Waals surface area contributed by atoms with Crippen LogP contribution in [-0.4, -0.2) is 40.7 Å². The predicted molar refractivity (Wildman–Crippen MR) is 113 cm³/mol. The van der Waals surface area contributed by atoms with Crippen molar-refractivity contribution in [3.05, 3.63) is 29.6 Å². The van der Waals surface area contributed by atoms with Crippen molar-refractivity contribution in [3.8, 4) is 0 Å². The van der Waals surface area contributed by atoms with E-state index in [1.54, 1.807) is 12.3 Å². The SMILES string of the molecule is CC(C)(C)OC(=O)c1ccc(C[C@@H](Cl)B2OC3[C@@H]4C[C@H](C[C@]3(C)O2)C4(C)C)nc1. The van der Waals surface area contributed by atoms with Gasteiger partial charge in [0, 0.05) is 18.3 Å². The van der Waals surface area contributed by atoms with E-state index in [4.69, 9.17) is 25.6 Å². The highest BCUT2D eigenvalue weighted by Crippen LogP contribution is 2.64. The summed E-state index contributed by atoms with van der Waals surface area (Å²) in [5, 5.41) is -0.336. The van der Waals surface area contributed by atoms with Crippen molar-refractivity contribution >= 4 is 24.7 Å². The first kappa shape index (κ1) is 21.1. The Labute approximate surface area is 179 Å². The highest BCUT2D eigenvalue weighted by molar-refractivity contribution is 6.60. The van der Waals surface area contributed by atoms with E-state index in [9.17, 15) is 4.79 Å². The lowest BCUT2D eigenvalue weighted by molar-refractivity contribution is -0.185. The van der Waals surface area contributed by atoms with E-state index in [1.165, 1.54) is 6.42 Å². The molecule has 5 nitrogen and oxygen atoms in total. The standard InChI is InChI=1S/C22H31BClNO4/c1-20(2,3)27-19(26)13-7-8-15(25-12-13)10-17(24)23-28-18-16-9-14(21(16,4)5)11-22(18,6)29-23/h7-8,12,14,16-18H,9-11H2,1-6H3/t14-,16+,17-,18?,22+/m1/s1. The Morgan fingerprint density at radius 3 is 2.69 bits per heavy atom. The van der Waals surface area contributed by atoms with Crippen LogP contribution in [0.15, 0.2) is 18.3 Å². The number of carbonyl (C=O) groups is 1.